The first-order chi connectivity index (χ1) is 11.1. The molecule has 1 aliphatic carbocycles. The Hall–Kier alpha value is -1.10. The molecule has 1 unspecified atom stereocenters. The van der Waals surface area contributed by atoms with Gasteiger partial charge in [-0.05, 0) is 57.5 Å². The number of nitrogens with one attached hydrogen (secondary N) is 1. The molecule has 1 N–H and O–H groups in total. The van der Waals surface area contributed by atoms with E-state index in [1.807, 2.05) is 16.8 Å². The number of hydrogen-bond acceptors (Lipinski definition) is 3. The van der Waals surface area contributed by atoms with Crippen LogP contribution in [0.3, 0.4) is 0 Å². The van der Waals surface area contributed by atoms with E-state index in [9.17, 15) is 9.59 Å². The second-order valence-corrected chi connectivity index (χ2v) is 7.79. The van der Waals surface area contributed by atoms with E-state index in [0.717, 1.165) is 44.7 Å². The number of rotatable bonds is 3. The van der Waals surface area contributed by atoms with E-state index in [1.165, 1.54) is 12.8 Å². The highest BCUT2D eigenvalue weighted by Gasteiger charge is 2.40. The maximum atomic E-state index is 12.8. The van der Waals surface area contributed by atoms with Gasteiger partial charge in [0.25, 0.3) is 0 Å². The van der Waals surface area contributed by atoms with E-state index >= 15 is 0 Å². The minimum atomic E-state index is -0.123. The molecule has 1 saturated carbocycles. The summed E-state index contributed by atoms with van der Waals surface area (Å²) >= 11 is 0. The third-order valence-corrected chi connectivity index (χ3v) is 6.14. The summed E-state index contributed by atoms with van der Waals surface area (Å²) in [5, 5.41) is 3.34. The van der Waals surface area contributed by atoms with E-state index < -0.39 is 0 Å². The average molecular weight is 321 g/mol. The monoisotopic (exact) mass is 321 g/mol. The summed E-state index contributed by atoms with van der Waals surface area (Å²) in [5.74, 6) is 1.03. The van der Waals surface area contributed by atoms with Crippen LogP contribution in [0.4, 0.5) is 0 Å². The lowest BCUT2D eigenvalue weighted by molar-refractivity contribution is -0.137. The molecule has 1 atom stereocenters. The van der Waals surface area contributed by atoms with Crippen LogP contribution in [0.5, 0.6) is 0 Å². The highest BCUT2D eigenvalue weighted by Crippen LogP contribution is 2.32. The molecule has 0 spiro atoms. The average Bonchev–Trinajstić information content (AvgIpc) is 2.97. The van der Waals surface area contributed by atoms with Gasteiger partial charge in [0.1, 0.15) is 0 Å². The van der Waals surface area contributed by atoms with E-state index in [4.69, 9.17) is 0 Å². The van der Waals surface area contributed by atoms with Crippen molar-refractivity contribution in [2.24, 2.45) is 11.8 Å². The number of carbonyl (C=O) groups is 2. The van der Waals surface area contributed by atoms with Crippen molar-refractivity contribution in [3.63, 3.8) is 0 Å². The van der Waals surface area contributed by atoms with E-state index in [-0.39, 0.29) is 17.7 Å². The molecule has 0 bridgehead atoms. The summed E-state index contributed by atoms with van der Waals surface area (Å²) in [7, 11) is 1.92. The van der Waals surface area contributed by atoms with Crippen molar-refractivity contribution in [1.82, 2.24) is 15.1 Å². The Labute approximate surface area is 139 Å². The molecule has 2 aliphatic heterocycles. The molecule has 0 aromatic rings. The van der Waals surface area contributed by atoms with Crippen molar-refractivity contribution < 1.29 is 9.59 Å². The van der Waals surface area contributed by atoms with Gasteiger partial charge in [0.2, 0.25) is 11.8 Å². The molecule has 0 aromatic heterocycles. The third kappa shape index (κ3) is 3.70. The minimum absolute atomic E-state index is 0.123. The Balaban J connectivity index is 1.56. The SMILES string of the molecule is CC1CCC(N2CC(C(=O)N(C)C3CCNCC3)CC2=O)CC1. The Kier molecular flexibility index (Phi) is 5.24. The van der Waals surface area contributed by atoms with E-state index in [1.54, 1.807) is 0 Å². The van der Waals surface area contributed by atoms with Crippen molar-refractivity contribution in [1.29, 1.82) is 0 Å². The second kappa shape index (κ2) is 7.20. The summed E-state index contributed by atoms with van der Waals surface area (Å²) in [6, 6.07) is 0.712. The van der Waals surface area contributed by atoms with Crippen LogP contribution in [0, 0.1) is 11.8 Å². The summed E-state index contributed by atoms with van der Waals surface area (Å²) < 4.78 is 0. The smallest absolute Gasteiger partial charge is 0.227 e. The van der Waals surface area contributed by atoms with Gasteiger partial charge < -0.3 is 15.1 Å². The van der Waals surface area contributed by atoms with Crippen LogP contribution in [-0.4, -0.2) is 60.4 Å². The van der Waals surface area contributed by atoms with Crippen LogP contribution in [-0.2, 0) is 9.59 Å². The van der Waals surface area contributed by atoms with Crippen LogP contribution in [0.15, 0.2) is 0 Å². The molecule has 130 valence electrons. The van der Waals surface area contributed by atoms with Crippen molar-refractivity contribution >= 4 is 11.8 Å². The molecule has 23 heavy (non-hydrogen) atoms. The fraction of sp³-hybridized carbons (Fsp3) is 0.889. The number of nitrogens with zero attached hydrogens (tertiary/aromatic N) is 2. The number of carbonyl (C=O) groups excluding carboxylic acids is 2. The highest BCUT2D eigenvalue weighted by molar-refractivity contribution is 5.89. The molecule has 5 heteroatoms. The fourth-order valence-electron chi connectivity index (χ4n) is 4.47. The molecule has 0 radical (unpaired) electrons. The zero-order chi connectivity index (χ0) is 16.4. The van der Waals surface area contributed by atoms with E-state index in [0.29, 0.717) is 25.0 Å². The summed E-state index contributed by atoms with van der Waals surface area (Å²) in [6.45, 7) is 4.91. The zero-order valence-corrected chi connectivity index (χ0v) is 14.6. The normalized spacial score (nSPS) is 33.0. The first kappa shape index (κ1) is 16.7. The van der Waals surface area contributed by atoms with Gasteiger partial charge in [0, 0.05) is 32.1 Å². The fourth-order valence-corrected chi connectivity index (χ4v) is 4.47. The highest BCUT2D eigenvalue weighted by atomic mass is 16.2. The lowest BCUT2D eigenvalue weighted by Gasteiger charge is -2.35. The lowest BCUT2D eigenvalue weighted by atomic mass is 9.86. The molecule has 2 heterocycles. The van der Waals surface area contributed by atoms with Gasteiger partial charge in [-0.2, -0.15) is 0 Å². The summed E-state index contributed by atoms with van der Waals surface area (Å²) in [5.41, 5.74) is 0. The number of piperidine rings is 1. The topological polar surface area (TPSA) is 52.7 Å². The number of likely N-dealkylation sites (tertiary alicyclic amines) is 1. The third-order valence-electron chi connectivity index (χ3n) is 6.14. The van der Waals surface area contributed by atoms with Gasteiger partial charge in [-0.15, -0.1) is 0 Å². The Morgan fingerprint density at radius 3 is 2.43 bits per heavy atom. The minimum Gasteiger partial charge on any atom is -0.342 e. The Morgan fingerprint density at radius 2 is 1.78 bits per heavy atom. The molecule has 3 rings (SSSR count). The van der Waals surface area contributed by atoms with Gasteiger partial charge in [0.15, 0.2) is 0 Å². The molecule has 2 amide bonds. The number of amides is 2. The quantitative estimate of drug-likeness (QED) is 0.859. The van der Waals surface area contributed by atoms with Crippen LogP contribution in [0.2, 0.25) is 0 Å². The second-order valence-electron chi connectivity index (χ2n) is 7.79. The first-order valence-corrected chi connectivity index (χ1v) is 9.33. The van der Waals surface area contributed by atoms with Crippen molar-refractivity contribution in [2.75, 3.05) is 26.7 Å². The first-order valence-electron chi connectivity index (χ1n) is 9.33. The maximum Gasteiger partial charge on any atom is 0.227 e. The Morgan fingerprint density at radius 1 is 1.13 bits per heavy atom. The predicted molar refractivity (Wildman–Crippen MR) is 89.9 cm³/mol. The van der Waals surface area contributed by atoms with Crippen LogP contribution in [0.1, 0.15) is 51.9 Å². The standard InChI is InChI=1S/C18H31N3O2/c1-13-3-5-16(6-4-13)21-12-14(11-17(21)22)18(23)20(2)15-7-9-19-10-8-15/h13-16,19H,3-12H2,1-2H3. The van der Waals surface area contributed by atoms with Crippen LogP contribution < -0.4 is 5.32 Å². The summed E-state index contributed by atoms with van der Waals surface area (Å²) in [6.07, 6.45) is 7.10. The van der Waals surface area contributed by atoms with Crippen LogP contribution >= 0.6 is 0 Å². The van der Waals surface area contributed by atoms with Gasteiger partial charge in [-0.25, -0.2) is 0 Å². The van der Waals surface area contributed by atoms with Crippen molar-refractivity contribution in [3.05, 3.63) is 0 Å². The molecular formula is C18H31N3O2. The summed E-state index contributed by atoms with van der Waals surface area (Å²) in [4.78, 5) is 29.2. The molecule has 3 aliphatic rings. The van der Waals surface area contributed by atoms with Gasteiger partial charge in [-0.1, -0.05) is 6.92 Å². The van der Waals surface area contributed by atoms with Crippen molar-refractivity contribution in [3.8, 4) is 0 Å². The number of hydrogen-bond donors (Lipinski definition) is 1. The molecule has 2 saturated heterocycles. The Bertz CT molecular complexity index is 440. The molecular weight excluding hydrogens is 290 g/mol. The predicted octanol–water partition coefficient (Wildman–Crippen LogP) is 1.62. The van der Waals surface area contributed by atoms with Gasteiger partial charge in [0.05, 0.1) is 5.92 Å². The molecule has 3 fully saturated rings. The molecule has 5 nitrogen and oxygen atoms in total. The van der Waals surface area contributed by atoms with Gasteiger partial charge >= 0.3 is 0 Å². The largest absolute Gasteiger partial charge is 0.342 e. The van der Waals surface area contributed by atoms with Crippen LogP contribution in [0.25, 0.3) is 0 Å². The molecule has 0 aromatic carbocycles. The van der Waals surface area contributed by atoms with Crippen molar-refractivity contribution in [2.45, 2.75) is 64.0 Å². The van der Waals surface area contributed by atoms with Gasteiger partial charge in [-0.3, -0.25) is 9.59 Å². The maximum absolute atomic E-state index is 12.8. The lowest BCUT2D eigenvalue weighted by Crippen LogP contribution is -2.46. The zero-order valence-electron chi connectivity index (χ0n) is 14.6. The van der Waals surface area contributed by atoms with E-state index in [2.05, 4.69) is 12.2 Å².